The lowest BCUT2D eigenvalue weighted by atomic mass is 9.73. The number of anilines is 1. The molecule has 8 nitrogen and oxygen atoms in total. The molecule has 194 valence electrons. The van der Waals surface area contributed by atoms with E-state index in [4.69, 9.17) is 16.3 Å². The quantitative estimate of drug-likeness (QED) is 0.529. The zero-order valence-electron chi connectivity index (χ0n) is 21.1. The first-order chi connectivity index (χ1) is 17.6. The van der Waals surface area contributed by atoms with E-state index in [0.717, 1.165) is 54.7 Å². The summed E-state index contributed by atoms with van der Waals surface area (Å²) in [6, 6.07) is 9.16. The summed E-state index contributed by atoms with van der Waals surface area (Å²) in [5, 5.41) is 14.7. The molecule has 0 unspecified atom stereocenters. The molecule has 0 bridgehead atoms. The smallest absolute Gasteiger partial charge is 0.252 e. The van der Waals surface area contributed by atoms with E-state index in [-0.39, 0.29) is 17.5 Å². The molecule has 1 aliphatic carbocycles. The summed E-state index contributed by atoms with van der Waals surface area (Å²) in [6.07, 6.45) is 4.25. The molecule has 1 saturated carbocycles. The van der Waals surface area contributed by atoms with Gasteiger partial charge < -0.3 is 15.2 Å². The normalized spacial score (nSPS) is 24.6. The van der Waals surface area contributed by atoms with Gasteiger partial charge in [-0.1, -0.05) is 11.6 Å². The number of amides is 1. The number of benzene rings is 1. The maximum absolute atomic E-state index is 12.9. The van der Waals surface area contributed by atoms with Gasteiger partial charge in [0.1, 0.15) is 18.0 Å². The number of carbonyl (C=O) groups excluding carboxylic acids is 1. The molecule has 1 saturated heterocycles. The number of piperidine rings is 1. The van der Waals surface area contributed by atoms with Crippen molar-refractivity contribution in [3.05, 3.63) is 63.0 Å². The van der Waals surface area contributed by atoms with Gasteiger partial charge in [0.15, 0.2) is 0 Å². The Balaban J connectivity index is 1.10. The van der Waals surface area contributed by atoms with Gasteiger partial charge in [0, 0.05) is 34.7 Å². The number of likely N-dealkylation sites (tertiary alicyclic amines) is 1. The Bertz CT molecular complexity index is 1450. The molecule has 1 aromatic carbocycles. The number of aryl methyl sites for hydroxylation is 1. The molecule has 1 spiro atoms. The van der Waals surface area contributed by atoms with Crippen LogP contribution in [0.25, 0.3) is 11.0 Å². The third kappa shape index (κ3) is 4.21. The van der Waals surface area contributed by atoms with Crippen LogP contribution in [-0.2, 0) is 10.2 Å². The van der Waals surface area contributed by atoms with Gasteiger partial charge in [-0.25, -0.2) is 4.98 Å². The molecule has 0 atom stereocenters. The number of aromatic nitrogens is 2. The minimum Gasteiger partial charge on any atom is -0.491 e. The topological polar surface area (TPSA) is 96.7 Å². The standard InChI is InChI=1S/C28H31ClN4O4/c1-17-11-24(34)33(19-14-27(2,36)15-19)25-21(17)13-20(16-30-25)37-10-9-32-7-5-28(6-8-32)22-12-18(29)3-4-23(22)31-26(28)35/h3-4,11-13,16,19,36H,5-10,14-15H2,1-2H3,(H,31,35)/t19-,27+. The molecule has 6 rings (SSSR count). The molecule has 2 fully saturated rings. The summed E-state index contributed by atoms with van der Waals surface area (Å²) in [4.78, 5) is 32.5. The molecule has 2 N–H and O–H groups in total. The van der Waals surface area contributed by atoms with Crippen LogP contribution in [0.4, 0.5) is 5.69 Å². The van der Waals surface area contributed by atoms with Crippen molar-refractivity contribution in [1.29, 1.82) is 0 Å². The van der Waals surface area contributed by atoms with E-state index in [9.17, 15) is 14.7 Å². The van der Waals surface area contributed by atoms with Crippen LogP contribution in [0.2, 0.25) is 5.02 Å². The average Bonchev–Trinajstić information content (AvgIpc) is 3.10. The number of fused-ring (bicyclic) bond motifs is 3. The van der Waals surface area contributed by atoms with Crippen LogP contribution in [-0.4, -0.2) is 57.3 Å². The Morgan fingerprint density at radius 2 is 1.95 bits per heavy atom. The second kappa shape index (κ2) is 8.82. The Morgan fingerprint density at radius 3 is 2.68 bits per heavy atom. The monoisotopic (exact) mass is 522 g/mol. The second-order valence-electron chi connectivity index (χ2n) is 11.1. The second-order valence-corrected chi connectivity index (χ2v) is 11.5. The molecular formula is C28H31ClN4O4. The van der Waals surface area contributed by atoms with Gasteiger partial charge in [-0.3, -0.25) is 19.1 Å². The third-order valence-electron chi connectivity index (χ3n) is 8.35. The van der Waals surface area contributed by atoms with E-state index in [1.807, 2.05) is 31.2 Å². The van der Waals surface area contributed by atoms with Crippen molar-refractivity contribution in [1.82, 2.24) is 14.5 Å². The van der Waals surface area contributed by atoms with Crippen molar-refractivity contribution in [3.8, 4) is 5.75 Å². The number of nitrogens with zero attached hydrogens (tertiary/aromatic N) is 3. The van der Waals surface area contributed by atoms with Crippen LogP contribution in [0.1, 0.15) is 49.8 Å². The number of rotatable bonds is 5. The lowest BCUT2D eigenvalue weighted by Gasteiger charge is -2.42. The molecule has 4 heterocycles. The van der Waals surface area contributed by atoms with Crippen LogP contribution < -0.4 is 15.6 Å². The average molecular weight is 523 g/mol. The Hall–Kier alpha value is -2.94. The number of halogens is 1. The van der Waals surface area contributed by atoms with Crippen molar-refractivity contribution in [2.45, 2.75) is 56.6 Å². The van der Waals surface area contributed by atoms with Crippen molar-refractivity contribution in [2.75, 3.05) is 31.6 Å². The highest BCUT2D eigenvalue weighted by Crippen LogP contribution is 2.46. The molecule has 2 aliphatic heterocycles. The van der Waals surface area contributed by atoms with Crippen LogP contribution in [0.3, 0.4) is 0 Å². The maximum Gasteiger partial charge on any atom is 0.252 e. The van der Waals surface area contributed by atoms with E-state index >= 15 is 0 Å². The fraction of sp³-hybridized carbons (Fsp3) is 0.464. The summed E-state index contributed by atoms with van der Waals surface area (Å²) >= 11 is 6.23. The lowest BCUT2D eigenvalue weighted by molar-refractivity contribution is -0.122. The zero-order chi connectivity index (χ0) is 25.9. The molecule has 2 aromatic heterocycles. The number of hydrogen-bond donors (Lipinski definition) is 2. The Morgan fingerprint density at radius 1 is 1.19 bits per heavy atom. The van der Waals surface area contributed by atoms with Crippen LogP contribution in [0.5, 0.6) is 5.75 Å². The number of pyridine rings is 2. The highest BCUT2D eigenvalue weighted by atomic mass is 35.5. The Labute approximate surface area is 220 Å². The van der Waals surface area contributed by atoms with Gasteiger partial charge in [0.2, 0.25) is 5.91 Å². The summed E-state index contributed by atoms with van der Waals surface area (Å²) in [6.45, 7) is 6.55. The summed E-state index contributed by atoms with van der Waals surface area (Å²) in [7, 11) is 0. The van der Waals surface area contributed by atoms with Crippen molar-refractivity contribution < 1.29 is 14.6 Å². The first-order valence-corrected chi connectivity index (χ1v) is 13.2. The molecular weight excluding hydrogens is 492 g/mol. The minimum atomic E-state index is -0.726. The fourth-order valence-corrected chi connectivity index (χ4v) is 6.43. The number of aliphatic hydroxyl groups is 1. The minimum absolute atomic E-state index is 0.0443. The number of ether oxygens (including phenoxy) is 1. The van der Waals surface area contributed by atoms with Crippen molar-refractivity contribution in [3.63, 3.8) is 0 Å². The first kappa shape index (κ1) is 24.4. The van der Waals surface area contributed by atoms with Gasteiger partial charge in [-0.15, -0.1) is 0 Å². The third-order valence-corrected chi connectivity index (χ3v) is 8.59. The lowest BCUT2D eigenvalue weighted by Crippen LogP contribution is -2.47. The molecule has 3 aliphatic rings. The largest absolute Gasteiger partial charge is 0.491 e. The summed E-state index contributed by atoms with van der Waals surface area (Å²) < 4.78 is 7.76. The van der Waals surface area contributed by atoms with Gasteiger partial charge >= 0.3 is 0 Å². The molecule has 0 radical (unpaired) electrons. The highest BCUT2D eigenvalue weighted by Gasteiger charge is 2.48. The fourth-order valence-electron chi connectivity index (χ4n) is 6.26. The predicted molar refractivity (Wildman–Crippen MR) is 143 cm³/mol. The SMILES string of the molecule is Cc1cc(=O)n([C@H]2C[C@@](C)(O)C2)c2ncc(OCCN3CCC4(CC3)C(=O)Nc3ccc(Cl)cc34)cc12. The van der Waals surface area contributed by atoms with Crippen LogP contribution >= 0.6 is 11.6 Å². The van der Waals surface area contributed by atoms with Gasteiger partial charge in [-0.05, 0) is 88.0 Å². The Kier molecular flexibility index (Phi) is 5.82. The van der Waals surface area contributed by atoms with Crippen molar-refractivity contribution >= 4 is 34.2 Å². The molecule has 9 heteroatoms. The summed E-state index contributed by atoms with van der Waals surface area (Å²) in [5.41, 5.74) is 2.07. The number of hydrogen-bond acceptors (Lipinski definition) is 6. The zero-order valence-corrected chi connectivity index (χ0v) is 21.8. The molecule has 37 heavy (non-hydrogen) atoms. The van der Waals surface area contributed by atoms with E-state index in [1.54, 1.807) is 23.8 Å². The van der Waals surface area contributed by atoms with Gasteiger partial charge in [0.05, 0.1) is 17.2 Å². The number of carbonyl (C=O) groups is 1. The van der Waals surface area contributed by atoms with Gasteiger partial charge in [0.25, 0.3) is 5.56 Å². The van der Waals surface area contributed by atoms with Crippen LogP contribution in [0, 0.1) is 6.92 Å². The van der Waals surface area contributed by atoms with E-state index < -0.39 is 11.0 Å². The van der Waals surface area contributed by atoms with E-state index in [1.165, 1.54) is 0 Å². The van der Waals surface area contributed by atoms with Crippen molar-refractivity contribution in [2.24, 2.45) is 0 Å². The van der Waals surface area contributed by atoms with Gasteiger partial charge in [-0.2, -0.15) is 0 Å². The molecule has 1 amide bonds. The van der Waals surface area contributed by atoms with E-state index in [0.29, 0.717) is 35.9 Å². The van der Waals surface area contributed by atoms with Crippen LogP contribution in [0.15, 0.2) is 41.3 Å². The predicted octanol–water partition coefficient (Wildman–Crippen LogP) is 3.81. The number of nitrogens with one attached hydrogen (secondary N) is 1. The highest BCUT2D eigenvalue weighted by molar-refractivity contribution is 6.31. The first-order valence-electron chi connectivity index (χ1n) is 12.9. The molecule has 3 aromatic rings. The summed E-state index contributed by atoms with van der Waals surface area (Å²) in [5.74, 6) is 0.732. The maximum atomic E-state index is 12.9. The van der Waals surface area contributed by atoms with E-state index in [2.05, 4.69) is 15.2 Å².